The van der Waals surface area contributed by atoms with E-state index in [1.165, 1.54) is 4.68 Å². The van der Waals surface area contributed by atoms with Gasteiger partial charge in [-0.1, -0.05) is 23.7 Å². The first-order chi connectivity index (χ1) is 12.8. The van der Waals surface area contributed by atoms with Crippen LogP contribution >= 0.6 is 11.6 Å². The van der Waals surface area contributed by atoms with Crippen molar-refractivity contribution in [2.45, 2.75) is 26.4 Å². The fourth-order valence-corrected chi connectivity index (χ4v) is 2.76. The minimum absolute atomic E-state index is 0.120. The number of halogens is 1. The van der Waals surface area contributed by atoms with Crippen LogP contribution in [0.3, 0.4) is 0 Å². The lowest BCUT2D eigenvalue weighted by molar-refractivity contribution is -0.385. The molecule has 1 N–H and O–H groups in total. The molecule has 0 spiro atoms. The average molecular weight is 389 g/mol. The van der Waals surface area contributed by atoms with Crippen molar-refractivity contribution in [3.8, 4) is 0 Å². The van der Waals surface area contributed by atoms with E-state index in [0.29, 0.717) is 22.9 Å². The Bertz CT molecular complexity index is 979. The van der Waals surface area contributed by atoms with Crippen molar-refractivity contribution in [2.24, 2.45) is 0 Å². The van der Waals surface area contributed by atoms with E-state index in [1.54, 1.807) is 43.1 Å². The standard InChI is InChI=1S/C17H17ClN6O3/c1-11-16(24(26)27)8-20-23(11)12(2)17(25)21-15-7-19-22(10-15)9-13-3-5-14(18)6-4-13/h3-8,10,12H,9H2,1-2H3,(H,21,25). The van der Waals surface area contributed by atoms with Gasteiger partial charge in [0.15, 0.2) is 0 Å². The van der Waals surface area contributed by atoms with E-state index in [1.807, 2.05) is 12.1 Å². The van der Waals surface area contributed by atoms with Crippen molar-refractivity contribution in [2.75, 3.05) is 5.32 Å². The molecule has 1 unspecified atom stereocenters. The van der Waals surface area contributed by atoms with E-state index < -0.39 is 11.0 Å². The molecule has 0 saturated carbocycles. The first-order valence-corrected chi connectivity index (χ1v) is 8.49. The summed E-state index contributed by atoms with van der Waals surface area (Å²) in [5, 5.41) is 22.5. The number of hydrogen-bond acceptors (Lipinski definition) is 5. The number of nitrogens with one attached hydrogen (secondary N) is 1. The number of aromatic nitrogens is 4. The maximum absolute atomic E-state index is 12.5. The van der Waals surface area contributed by atoms with Crippen LogP contribution in [0.4, 0.5) is 11.4 Å². The summed E-state index contributed by atoms with van der Waals surface area (Å²) in [6.45, 7) is 3.71. The monoisotopic (exact) mass is 388 g/mol. The Morgan fingerprint density at radius 2 is 2.00 bits per heavy atom. The molecule has 0 fully saturated rings. The predicted octanol–water partition coefficient (Wildman–Crippen LogP) is 3.20. The first-order valence-electron chi connectivity index (χ1n) is 8.11. The Morgan fingerprint density at radius 3 is 2.63 bits per heavy atom. The van der Waals surface area contributed by atoms with Gasteiger partial charge in [0.25, 0.3) is 0 Å². The third-order valence-corrected chi connectivity index (χ3v) is 4.37. The molecule has 1 amide bonds. The van der Waals surface area contributed by atoms with Gasteiger partial charge in [0.1, 0.15) is 17.9 Å². The largest absolute Gasteiger partial charge is 0.322 e. The Labute approximate surface area is 159 Å². The second-order valence-corrected chi connectivity index (χ2v) is 6.47. The smallest absolute Gasteiger partial charge is 0.309 e. The van der Waals surface area contributed by atoms with E-state index in [2.05, 4.69) is 15.5 Å². The third kappa shape index (κ3) is 4.14. The molecule has 0 radical (unpaired) electrons. The molecule has 140 valence electrons. The summed E-state index contributed by atoms with van der Waals surface area (Å²) in [6, 6.07) is 6.70. The van der Waals surface area contributed by atoms with Crippen molar-refractivity contribution in [3.05, 3.63) is 69.3 Å². The first kappa shape index (κ1) is 18.6. The minimum atomic E-state index is -0.710. The van der Waals surface area contributed by atoms with Crippen LogP contribution in [0, 0.1) is 17.0 Å². The van der Waals surface area contributed by atoms with Gasteiger partial charge in [0.05, 0.1) is 23.4 Å². The molecular formula is C17H17ClN6O3. The van der Waals surface area contributed by atoms with Gasteiger partial charge in [-0.25, -0.2) is 0 Å². The van der Waals surface area contributed by atoms with Crippen LogP contribution in [0.25, 0.3) is 0 Å². The molecule has 0 saturated heterocycles. The highest BCUT2D eigenvalue weighted by atomic mass is 35.5. The van der Waals surface area contributed by atoms with Gasteiger partial charge in [-0.15, -0.1) is 0 Å². The topological polar surface area (TPSA) is 108 Å². The highest BCUT2D eigenvalue weighted by Crippen LogP contribution is 2.21. The van der Waals surface area contributed by atoms with Gasteiger partial charge in [-0.05, 0) is 31.5 Å². The molecule has 2 heterocycles. The van der Waals surface area contributed by atoms with Gasteiger partial charge in [0.2, 0.25) is 5.91 Å². The number of anilines is 1. The zero-order valence-electron chi connectivity index (χ0n) is 14.7. The van der Waals surface area contributed by atoms with E-state index in [0.717, 1.165) is 11.8 Å². The summed E-state index contributed by atoms with van der Waals surface area (Å²) in [5.41, 5.74) is 1.75. The summed E-state index contributed by atoms with van der Waals surface area (Å²) in [5.74, 6) is -0.345. The molecule has 3 aromatic rings. The number of nitro groups is 1. The fourth-order valence-electron chi connectivity index (χ4n) is 2.63. The van der Waals surface area contributed by atoms with E-state index in [4.69, 9.17) is 11.6 Å². The molecule has 1 atom stereocenters. The second-order valence-electron chi connectivity index (χ2n) is 6.04. The summed E-state index contributed by atoms with van der Waals surface area (Å²) >= 11 is 5.87. The van der Waals surface area contributed by atoms with Crippen molar-refractivity contribution in [1.82, 2.24) is 19.6 Å². The normalized spacial score (nSPS) is 12.0. The highest BCUT2D eigenvalue weighted by Gasteiger charge is 2.24. The van der Waals surface area contributed by atoms with Gasteiger partial charge < -0.3 is 5.32 Å². The molecule has 0 aliphatic carbocycles. The van der Waals surface area contributed by atoms with Crippen molar-refractivity contribution in [1.29, 1.82) is 0 Å². The lowest BCUT2D eigenvalue weighted by Gasteiger charge is -2.13. The van der Waals surface area contributed by atoms with Crippen LogP contribution in [0.1, 0.15) is 24.2 Å². The molecule has 1 aromatic carbocycles. The molecule has 10 heteroatoms. The SMILES string of the molecule is Cc1c([N+](=O)[O-])cnn1C(C)C(=O)Nc1cnn(Cc2ccc(Cl)cc2)c1. The molecule has 0 bridgehead atoms. The fraction of sp³-hybridized carbons (Fsp3) is 0.235. The number of hydrogen-bond donors (Lipinski definition) is 1. The minimum Gasteiger partial charge on any atom is -0.322 e. The molecule has 0 aliphatic heterocycles. The van der Waals surface area contributed by atoms with Crippen LogP contribution in [0.2, 0.25) is 5.02 Å². The van der Waals surface area contributed by atoms with Crippen LogP contribution in [-0.2, 0) is 11.3 Å². The lowest BCUT2D eigenvalue weighted by atomic mass is 10.2. The maximum Gasteiger partial charge on any atom is 0.309 e. The van der Waals surface area contributed by atoms with Gasteiger partial charge in [0, 0.05) is 11.2 Å². The molecular weight excluding hydrogens is 372 g/mol. The van der Waals surface area contributed by atoms with E-state index in [9.17, 15) is 14.9 Å². The number of benzene rings is 1. The van der Waals surface area contributed by atoms with Crippen LogP contribution in [0.15, 0.2) is 42.9 Å². The molecule has 3 rings (SSSR count). The number of amides is 1. The predicted molar refractivity (Wildman–Crippen MR) is 99.7 cm³/mol. The van der Waals surface area contributed by atoms with Crippen molar-refractivity contribution in [3.63, 3.8) is 0 Å². The quantitative estimate of drug-likeness (QED) is 0.515. The van der Waals surface area contributed by atoms with Gasteiger partial charge in [-0.3, -0.25) is 24.3 Å². The Morgan fingerprint density at radius 1 is 1.30 bits per heavy atom. The molecule has 2 aromatic heterocycles. The zero-order chi connectivity index (χ0) is 19.6. The van der Waals surface area contributed by atoms with E-state index >= 15 is 0 Å². The van der Waals surface area contributed by atoms with Crippen LogP contribution < -0.4 is 5.32 Å². The summed E-state index contributed by atoms with van der Waals surface area (Å²) < 4.78 is 3.01. The van der Waals surface area contributed by atoms with Gasteiger partial charge >= 0.3 is 5.69 Å². The number of nitrogens with zero attached hydrogens (tertiary/aromatic N) is 5. The molecule has 9 nitrogen and oxygen atoms in total. The molecule has 0 aliphatic rings. The highest BCUT2D eigenvalue weighted by molar-refractivity contribution is 6.30. The summed E-state index contributed by atoms with van der Waals surface area (Å²) in [7, 11) is 0. The maximum atomic E-state index is 12.5. The van der Waals surface area contributed by atoms with Crippen LogP contribution in [0.5, 0.6) is 0 Å². The Balaban J connectivity index is 1.66. The Kier molecular flexibility index (Phi) is 5.22. The van der Waals surface area contributed by atoms with Crippen molar-refractivity contribution < 1.29 is 9.72 Å². The third-order valence-electron chi connectivity index (χ3n) is 4.12. The lowest BCUT2D eigenvalue weighted by Crippen LogP contribution is -2.25. The van der Waals surface area contributed by atoms with E-state index in [-0.39, 0.29) is 11.6 Å². The van der Waals surface area contributed by atoms with Crippen LogP contribution in [-0.4, -0.2) is 30.4 Å². The van der Waals surface area contributed by atoms with Gasteiger partial charge in [-0.2, -0.15) is 10.2 Å². The van der Waals surface area contributed by atoms with Crippen molar-refractivity contribution >= 4 is 28.9 Å². The number of carbonyl (C=O) groups is 1. The molecule has 27 heavy (non-hydrogen) atoms. The number of rotatable bonds is 6. The average Bonchev–Trinajstić information content (AvgIpc) is 3.22. The Hall–Kier alpha value is -3.20. The second kappa shape index (κ2) is 7.58. The summed E-state index contributed by atoms with van der Waals surface area (Å²) in [6.07, 6.45) is 4.39. The number of carbonyl (C=O) groups excluding carboxylic acids is 1. The summed E-state index contributed by atoms with van der Waals surface area (Å²) in [4.78, 5) is 22.9. The zero-order valence-corrected chi connectivity index (χ0v) is 15.4.